The first-order valence-corrected chi connectivity index (χ1v) is 13.7. The third kappa shape index (κ3) is 4.77. The standard InChI is InChI=1S/C29H34FN7O/c1-3-26-25-12-11-23(16-27(25)37(34-26)22-5-4-6-22)35-13-14-36(29(38)17-28-31-19(2)32-33-28)24(18-35)15-20-7-9-21(30)10-8-20/h7-12,16,22,24H,3-6,13-15,17-18H2,1-2H3,(H,31,32,33)/t24-/m0/s1. The molecule has 2 aromatic heterocycles. The zero-order chi connectivity index (χ0) is 26.2. The number of rotatable bonds is 7. The van der Waals surface area contributed by atoms with Crippen LogP contribution >= 0.6 is 0 Å². The van der Waals surface area contributed by atoms with Crippen LogP contribution in [0.1, 0.15) is 55.1 Å². The van der Waals surface area contributed by atoms with Gasteiger partial charge in [-0.05, 0) is 74.9 Å². The molecule has 0 unspecified atom stereocenters. The second-order valence-electron chi connectivity index (χ2n) is 10.6. The van der Waals surface area contributed by atoms with E-state index in [4.69, 9.17) is 5.10 Å². The number of hydrogen-bond donors (Lipinski definition) is 1. The van der Waals surface area contributed by atoms with Crippen LogP contribution in [-0.2, 0) is 24.1 Å². The molecule has 9 heteroatoms. The minimum atomic E-state index is -0.255. The summed E-state index contributed by atoms with van der Waals surface area (Å²) in [7, 11) is 0. The molecule has 6 rings (SSSR count). The van der Waals surface area contributed by atoms with E-state index in [0.29, 0.717) is 37.2 Å². The van der Waals surface area contributed by atoms with Gasteiger partial charge in [0.15, 0.2) is 5.82 Å². The van der Waals surface area contributed by atoms with E-state index in [1.54, 1.807) is 0 Å². The van der Waals surface area contributed by atoms with E-state index in [0.717, 1.165) is 29.9 Å². The smallest absolute Gasteiger partial charge is 0.230 e. The summed E-state index contributed by atoms with van der Waals surface area (Å²) in [6.45, 7) is 6.03. The Bertz CT molecular complexity index is 1440. The van der Waals surface area contributed by atoms with E-state index in [1.807, 2.05) is 24.0 Å². The number of benzene rings is 2. The van der Waals surface area contributed by atoms with E-state index >= 15 is 0 Å². The van der Waals surface area contributed by atoms with Gasteiger partial charge in [-0.15, -0.1) is 0 Å². The first kappa shape index (κ1) is 24.6. The number of aromatic amines is 1. The van der Waals surface area contributed by atoms with E-state index in [9.17, 15) is 9.18 Å². The Morgan fingerprint density at radius 3 is 2.63 bits per heavy atom. The Kier molecular flexibility index (Phi) is 6.59. The van der Waals surface area contributed by atoms with Crippen LogP contribution in [0.3, 0.4) is 0 Å². The van der Waals surface area contributed by atoms with Gasteiger partial charge in [0.1, 0.15) is 11.6 Å². The van der Waals surface area contributed by atoms with Gasteiger partial charge in [-0.3, -0.25) is 14.6 Å². The van der Waals surface area contributed by atoms with Crippen molar-refractivity contribution < 1.29 is 9.18 Å². The molecule has 2 aromatic carbocycles. The number of aryl methyl sites for hydroxylation is 2. The molecule has 198 valence electrons. The molecule has 2 aliphatic rings. The molecule has 38 heavy (non-hydrogen) atoms. The summed E-state index contributed by atoms with van der Waals surface area (Å²) in [5.74, 6) is 0.969. The molecule has 1 amide bonds. The van der Waals surface area contributed by atoms with Crippen molar-refractivity contribution >= 4 is 22.5 Å². The molecule has 3 heterocycles. The number of nitrogens with zero attached hydrogens (tertiary/aromatic N) is 6. The topological polar surface area (TPSA) is 82.9 Å². The van der Waals surface area contributed by atoms with E-state index in [-0.39, 0.29) is 24.2 Å². The van der Waals surface area contributed by atoms with Gasteiger partial charge in [-0.25, -0.2) is 9.37 Å². The third-order valence-corrected chi connectivity index (χ3v) is 8.03. The van der Waals surface area contributed by atoms with Gasteiger partial charge in [0.05, 0.1) is 29.7 Å². The van der Waals surface area contributed by atoms with Crippen molar-refractivity contribution in [3.05, 3.63) is 71.2 Å². The number of nitrogens with one attached hydrogen (secondary N) is 1. The molecule has 1 aliphatic carbocycles. The number of hydrogen-bond acceptors (Lipinski definition) is 5. The molecule has 0 spiro atoms. The number of H-pyrrole nitrogens is 1. The zero-order valence-electron chi connectivity index (χ0n) is 22.0. The maximum atomic E-state index is 13.6. The maximum absolute atomic E-state index is 13.6. The van der Waals surface area contributed by atoms with Crippen LogP contribution in [0.15, 0.2) is 42.5 Å². The highest BCUT2D eigenvalue weighted by Crippen LogP contribution is 2.36. The van der Waals surface area contributed by atoms with Crippen LogP contribution in [0.2, 0.25) is 0 Å². The number of aromatic nitrogens is 5. The summed E-state index contributed by atoms with van der Waals surface area (Å²) in [4.78, 5) is 22.0. The lowest BCUT2D eigenvalue weighted by Crippen LogP contribution is -2.56. The van der Waals surface area contributed by atoms with E-state index in [1.165, 1.54) is 42.3 Å². The quantitative estimate of drug-likeness (QED) is 0.395. The molecular weight excluding hydrogens is 481 g/mol. The molecule has 8 nitrogen and oxygen atoms in total. The predicted molar refractivity (Wildman–Crippen MR) is 145 cm³/mol. The fourth-order valence-corrected chi connectivity index (χ4v) is 5.75. The highest BCUT2D eigenvalue weighted by molar-refractivity contribution is 5.86. The van der Waals surface area contributed by atoms with Crippen molar-refractivity contribution in [3.8, 4) is 0 Å². The van der Waals surface area contributed by atoms with Crippen LogP contribution in [0, 0.1) is 12.7 Å². The summed E-state index contributed by atoms with van der Waals surface area (Å²) in [5, 5.41) is 13.2. The van der Waals surface area contributed by atoms with Crippen molar-refractivity contribution in [3.63, 3.8) is 0 Å². The van der Waals surface area contributed by atoms with E-state index < -0.39 is 0 Å². The van der Waals surface area contributed by atoms with Gasteiger partial charge in [0.2, 0.25) is 5.91 Å². The van der Waals surface area contributed by atoms with Crippen LogP contribution in [0.4, 0.5) is 10.1 Å². The molecule has 0 radical (unpaired) electrons. The summed E-state index contributed by atoms with van der Waals surface area (Å²) in [6, 6.07) is 13.7. The molecule has 1 atom stereocenters. The van der Waals surface area contributed by atoms with Gasteiger partial charge in [-0.1, -0.05) is 19.1 Å². The van der Waals surface area contributed by atoms with Crippen LogP contribution in [0.25, 0.3) is 10.9 Å². The minimum absolute atomic E-state index is 0.0156. The number of amides is 1. The highest BCUT2D eigenvalue weighted by atomic mass is 19.1. The maximum Gasteiger partial charge on any atom is 0.230 e. The monoisotopic (exact) mass is 515 g/mol. The number of anilines is 1. The van der Waals surface area contributed by atoms with Crippen LogP contribution in [-0.4, -0.2) is 61.4 Å². The fraction of sp³-hybridized carbons (Fsp3) is 0.448. The third-order valence-electron chi connectivity index (χ3n) is 8.03. The molecule has 1 saturated heterocycles. The summed E-state index contributed by atoms with van der Waals surface area (Å²) < 4.78 is 15.8. The first-order chi connectivity index (χ1) is 18.5. The summed E-state index contributed by atoms with van der Waals surface area (Å²) in [5.41, 5.74) is 4.53. The molecule has 1 N–H and O–H groups in total. The van der Waals surface area contributed by atoms with Crippen molar-refractivity contribution in [2.24, 2.45) is 0 Å². The molecule has 1 aliphatic heterocycles. The lowest BCUT2D eigenvalue weighted by atomic mass is 9.93. The fourth-order valence-electron chi connectivity index (χ4n) is 5.75. The average molecular weight is 516 g/mol. The van der Waals surface area contributed by atoms with Gasteiger partial charge in [0.25, 0.3) is 0 Å². The Morgan fingerprint density at radius 2 is 1.95 bits per heavy atom. The van der Waals surface area contributed by atoms with Gasteiger partial charge < -0.3 is 9.80 Å². The number of piperazine rings is 1. The van der Waals surface area contributed by atoms with E-state index in [2.05, 4.69) is 49.9 Å². The Morgan fingerprint density at radius 1 is 1.13 bits per heavy atom. The number of fused-ring (bicyclic) bond motifs is 1. The van der Waals surface area contributed by atoms with Gasteiger partial charge >= 0.3 is 0 Å². The molecule has 0 bridgehead atoms. The second kappa shape index (κ2) is 10.2. The second-order valence-corrected chi connectivity index (χ2v) is 10.6. The minimum Gasteiger partial charge on any atom is -0.368 e. The number of carbonyl (C=O) groups excluding carboxylic acids is 1. The highest BCUT2D eigenvalue weighted by Gasteiger charge is 2.32. The van der Waals surface area contributed by atoms with Crippen LogP contribution in [0.5, 0.6) is 0 Å². The summed E-state index contributed by atoms with van der Waals surface area (Å²) >= 11 is 0. The van der Waals surface area contributed by atoms with Crippen molar-refractivity contribution in [1.82, 2.24) is 29.9 Å². The van der Waals surface area contributed by atoms with Crippen molar-refractivity contribution in [1.29, 1.82) is 0 Å². The Labute approximate surface area is 221 Å². The van der Waals surface area contributed by atoms with Gasteiger partial charge in [-0.2, -0.15) is 10.2 Å². The van der Waals surface area contributed by atoms with Crippen LogP contribution < -0.4 is 4.90 Å². The summed E-state index contributed by atoms with van der Waals surface area (Å²) in [6.07, 6.45) is 5.38. The first-order valence-electron chi connectivity index (χ1n) is 13.7. The van der Waals surface area contributed by atoms with Crippen molar-refractivity contribution in [2.75, 3.05) is 24.5 Å². The SMILES string of the molecule is CCc1nn(C2CCC2)c2cc(N3CCN(C(=O)Cc4n[nH]c(C)n4)[C@@H](Cc4ccc(F)cc4)C3)ccc12. The molecule has 2 fully saturated rings. The molecular formula is C29H34FN7O. The number of carbonyl (C=O) groups is 1. The molecule has 4 aromatic rings. The largest absolute Gasteiger partial charge is 0.368 e. The zero-order valence-corrected chi connectivity index (χ0v) is 22.0. The van der Waals surface area contributed by atoms with Crippen molar-refractivity contribution in [2.45, 2.75) is 64.5 Å². The number of halogens is 1. The Balaban J connectivity index is 1.27. The predicted octanol–water partition coefficient (Wildman–Crippen LogP) is 4.39. The lowest BCUT2D eigenvalue weighted by Gasteiger charge is -2.42. The lowest BCUT2D eigenvalue weighted by molar-refractivity contribution is -0.133. The Hall–Kier alpha value is -3.75. The van der Waals surface area contributed by atoms with Gasteiger partial charge in [0, 0.05) is 30.7 Å². The average Bonchev–Trinajstić information content (AvgIpc) is 3.46. The molecule has 1 saturated carbocycles. The normalized spacial score (nSPS) is 18.2.